The number of allylic oxidation sites excluding steroid dienone is 1. The molecule has 0 aromatic carbocycles. The van der Waals surface area contributed by atoms with Crippen molar-refractivity contribution >= 4 is 5.97 Å². The summed E-state index contributed by atoms with van der Waals surface area (Å²) in [6.07, 6.45) is 9.00. The highest BCUT2D eigenvalue weighted by atomic mass is 16.6. The first-order chi connectivity index (χ1) is 17.1. The van der Waals surface area contributed by atoms with E-state index in [0.717, 1.165) is 5.57 Å². The summed E-state index contributed by atoms with van der Waals surface area (Å²) in [7, 11) is 0. The van der Waals surface area contributed by atoms with E-state index in [1.165, 1.54) is 13.0 Å². The molecule has 9 atom stereocenters. The van der Waals surface area contributed by atoms with E-state index in [1.807, 2.05) is 20.8 Å². The SMILES string of the molecule is C=C1C[C@@H]2C/C=C/[C@H](O)[C@H](C)/C(C)=C\C(=O)O[C@H](CCC(C)C(C)O)[C@@H](C)C/C=C/[C@@](C)(O)[C@](O)(C1)O2. The predicted molar refractivity (Wildman–Crippen MR) is 144 cm³/mol. The van der Waals surface area contributed by atoms with Gasteiger partial charge in [0.25, 0.3) is 0 Å². The molecule has 0 amide bonds. The van der Waals surface area contributed by atoms with Crippen LogP contribution in [-0.4, -0.2) is 62.2 Å². The summed E-state index contributed by atoms with van der Waals surface area (Å²) in [5.41, 5.74) is -0.181. The zero-order valence-corrected chi connectivity index (χ0v) is 23.4. The Kier molecular flexibility index (Phi) is 11.3. The molecule has 2 heterocycles. The first-order valence-electron chi connectivity index (χ1n) is 13.5. The van der Waals surface area contributed by atoms with E-state index >= 15 is 0 Å². The highest BCUT2D eigenvalue weighted by molar-refractivity contribution is 5.83. The van der Waals surface area contributed by atoms with Gasteiger partial charge in [-0.2, -0.15) is 0 Å². The maximum atomic E-state index is 12.8. The molecule has 4 N–H and O–H groups in total. The predicted octanol–water partition coefficient (Wildman–Crippen LogP) is 4.36. The second-order valence-electron chi connectivity index (χ2n) is 11.5. The Morgan fingerprint density at radius 3 is 2.51 bits per heavy atom. The maximum absolute atomic E-state index is 12.8. The van der Waals surface area contributed by atoms with Crippen molar-refractivity contribution < 1.29 is 34.7 Å². The van der Waals surface area contributed by atoms with E-state index < -0.39 is 41.8 Å². The Labute approximate surface area is 222 Å². The third-order valence-electron chi connectivity index (χ3n) is 8.05. The number of ether oxygens (including phenoxy) is 2. The molecule has 2 bridgehead atoms. The first kappa shape index (κ1) is 31.4. The first-order valence-corrected chi connectivity index (χ1v) is 13.5. The molecule has 1 saturated heterocycles. The molecule has 0 spiro atoms. The van der Waals surface area contributed by atoms with Crippen LogP contribution in [0.1, 0.15) is 80.1 Å². The van der Waals surface area contributed by atoms with Gasteiger partial charge in [-0.1, -0.05) is 62.8 Å². The summed E-state index contributed by atoms with van der Waals surface area (Å²) < 4.78 is 11.9. The molecule has 2 aliphatic rings. The molecular formula is C30H48O7. The topological polar surface area (TPSA) is 116 Å². The Morgan fingerprint density at radius 1 is 1.19 bits per heavy atom. The average Bonchev–Trinajstić information content (AvgIpc) is 2.79. The highest BCUT2D eigenvalue weighted by Gasteiger charge is 2.49. The van der Waals surface area contributed by atoms with Gasteiger partial charge in [0.15, 0.2) is 0 Å². The normalized spacial score (nSPS) is 41.4. The molecule has 0 aliphatic carbocycles. The minimum atomic E-state index is -1.84. The lowest BCUT2D eigenvalue weighted by Gasteiger charge is -2.45. The van der Waals surface area contributed by atoms with Crippen molar-refractivity contribution in [3.05, 3.63) is 48.1 Å². The van der Waals surface area contributed by atoms with Crippen LogP contribution in [0.5, 0.6) is 0 Å². The summed E-state index contributed by atoms with van der Waals surface area (Å²) in [5, 5.41) is 43.1. The average molecular weight is 521 g/mol. The Bertz CT molecular complexity index is 871. The second kappa shape index (κ2) is 13.3. The van der Waals surface area contributed by atoms with E-state index in [0.29, 0.717) is 37.7 Å². The van der Waals surface area contributed by atoms with Crippen LogP contribution >= 0.6 is 0 Å². The summed E-state index contributed by atoms with van der Waals surface area (Å²) in [5.74, 6) is -2.64. The monoisotopic (exact) mass is 520 g/mol. The summed E-state index contributed by atoms with van der Waals surface area (Å²) >= 11 is 0. The van der Waals surface area contributed by atoms with Gasteiger partial charge in [0, 0.05) is 18.4 Å². The van der Waals surface area contributed by atoms with Gasteiger partial charge in [0.1, 0.15) is 11.7 Å². The Morgan fingerprint density at radius 2 is 1.86 bits per heavy atom. The molecule has 7 nitrogen and oxygen atoms in total. The van der Waals surface area contributed by atoms with Crippen LogP contribution in [0.25, 0.3) is 0 Å². The molecule has 0 aromatic heterocycles. The van der Waals surface area contributed by atoms with Crippen molar-refractivity contribution in [3.63, 3.8) is 0 Å². The third-order valence-corrected chi connectivity index (χ3v) is 8.05. The van der Waals surface area contributed by atoms with Gasteiger partial charge in [-0.05, 0) is 64.7 Å². The van der Waals surface area contributed by atoms with Crippen molar-refractivity contribution in [1.29, 1.82) is 0 Å². The Hall–Kier alpha value is -1.77. The number of fused-ring (bicyclic) bond motifs is 2. The molecule has 0 saturated carbocycles. The number of rotatable bonds is 4. The quantitative estimate of drug-likeness (QED) is 0.322. The van der Waals surface area contributed by atoms with E-state index in [4.69, 9.17) is 9.47 Å². The summed E-state index contributed by atoms with van der Waals surface area (Å²) in [6.45, 7) is 14.9. The molecular weight excluding hydrogens is 472 g/mol. The van der Waals surface area contributed by atoms with Gasteiger partial charge in [-0.25, -0.2) is 4.79 Å². The number of esters is 1. The molecule has 2 unspecified atom stereocenters. The summed E-state index contributed by atoms with van der Waals surface area (Å²) in [4.78, 5) is 12.8. The number of cyclic esters (lactones) is 1. The number of carbonyl (C=O) groups is 1. The smallest absolute Gasteiger partial charge is 0.330 e. The fourth-order valence-corrected chi connectivity index (χ4v) is 4.75. The maximum Gasteiger partial charge on any atom is 0.330 e. The van der Waals surface area contributed by atoms with E-state index in [9.17, 15) is 25.2 Å². The van der Waals surface area contributed by atoms with Gasteiger partial charge in [0.2, 0.25) is 5.79 Å². The number of aliphatic hydroxyl groups excluding tert-OH is 2. The van der Waals surface area contributed by atoms with E-state index in [2.05, 4.69) is 6.58 Å². The molecule has 2 aliphatic heterocycles. The summed E-state index contributed by atoms with van der Waals surface area (Å²) in [6, 6.07) is 0. The fourth-order valence-electron chi connectivity index (χ4n) is 4.75. The van der Waals surface area contributed by atoms with E-state index in [1.54, 1.807) is 38.2 Å². The lowest BCUT2D eigenvalue weighted by Crippen LogP contribution is -2.56. The molecule has 0 aromatic rings. The van der Waals surface area contributed by atoms with Crippen LogP contribution < -0.4 is 0 Å². The van der Waals surface area contributed by atoms with Crippen molar-refractivity contribution in [2.24, 2.45) is 17.8 Å². The van der Waals surface area contributed by atoms with Gasteiger partial charge >= 0.3 is 5.97 Å². The van der Waals surface area contributed by atoms with Crippen molar-refractivity contribution in [1.82, 2.24) is 0 Å². The zero-order valence-electron chi connectivity index (χ0n) is 23.4. The Balaban J connectivity index is 2.38. The molecule has 210 valence electrons. The molecule has 37 heavy (non-hydrogen) atoms. The number of aliphatic hydroxyl groups is 4. The minimum Gasteiger partial charge on any atom is -0.459 e. The van der Waals surface area contributed by atoms with E-state index in [-0.39, 0.29) is 24.2 Å². The number of hydrogen-bond donors (Lipinski definition) is 4. The van der Waals surface area contributed by atoms with Gasteiger partial charge in [-0.15, -0.1) is 0 Å². The van der Waals surface area contributed by atoms with Gasteiger partial charge < -0.3 is 29.9 Å². The number of hydrogen-bond acceptors (Lipinski definition) is 7. The van der Waals surface area contributed by atoms with Crippen LogP contribution in [0.15, 0.2) is 48.1 Å². The molecule has 1 fully saturated rings. The highest BCUT2D eigenvalue weighted by Crippen LogP contribution is 2.39. The molecule has 0 radical (unpaired) electrons. The van der Waals surface area contributed by atoms with Gasteiger partial charge in [-0.3, -0.25) is 0 Å². The lowest BCUT2D eigenvalue weighted by molar-refractivity contribution is -0.305. The lowest BCUT2D eigenvalue weighted by atomic mass is 9.83. The molecule has 7 heteroatoms. The van der Waals surface area contributed by atoms with Crippen LogP contribution in [0, 0.1) is 17.8 Å². The fraction of sp³-hybridized carbons (Fsp3) is 0.700. The minimum absolute atomic E-state index is 0.0493. The van der Waals surface area contributed by atoms with Crippen LogP contribution in [0.4, 0.5) is 0 Å². The second-order valence-corrected chi connectivity index (χ2v) is 11.5. The van der Waals surface area contributed by atoms with Crippen LogP contribution in [0.3, 0.4) is 0 Å². The zero-order chi connectivity index (χ0) is 28.0. The van der Waals surface area contributed by atoms with Crippen molar-refractivity contribution in [2.75, 3.05) is 0 Å². The third kappa shape index (κ3) is 8.89. The standard InChI is InChI=1S/C30H48O7/c1-19-16-25-11-8-12-26(32)23(5)22(4)17-28(33)36-27(14-13-20(2)24(6)31)21(3)10-9-15-29(7,34)30(35,18-19)37-25/h8-9,12,15,17,20-21,23-27,31-32,34-35H,1,10-11,13-14,16,18H2,2-7H3/b12-8+,15-9+,22-17-/t20?,21-,23+,24?,25-,26-,27+,29+,30-/m0/s1. The van der Waals surface area contributed by atoms with Crippen LogP contribution in [0.2, 0.25) is 0 Å². The molecule has 2 rings (SSSR count). The van der Waals surface area contributed by atoms with Crippen molar-refractivity contribution in [3.8, 4) is 0 Å². The van der Waals surface area contributed by atoms with Crippen molar-refractivity contribution in [2.45, 2.75) is 116 Å². The number of carbonyl (C=O) groups excluding carboxylic acids is 1. The van der Waals surface area contributed by atoms with Gasteiger partial charge in [0.05, 0.1) is 18.3 Å². The van der Waals surface area contributed by atoms with Crippen LogP contribution in [-0.2, 0) is 14.3 Å². The largest absolute Gasteiger partial charge is 0.459 e.